The number of pyridine rings is 1. The summed E-state index contributed by atoms with van der Waals surface area (Å²) in [5, 5.41) is 1.49. The van der Waals surface area contributed by atoms with Gasteiger partial charge >= 0.3 is 12.1 Å². The number of anilines is 2. The van der Waals surface area contributed by atoms with E-state index in [-0.39, 0.29) is 30.3 Å². The lowest BCUT2D eigenvalue weighted by atomic mass is 10.1. The number of amides is 2. The smallest absolute Gasteiger partial charge is 0.471 e. The number of alkyl halides is 3. The van der Waals surface area contributed by atoms with E-state index in [4.69, 9.17) is 10.5 Å². The molecule has 32 heavy (non-hydrogen) atoms. The highest BCUT2D eigenvalue weighted by molar-refractivity contribution is 5.98. The number of benzene rings is 2. The molecule has 2 N–H and O–H groups in total. The molecule has 0 bridgehead atoms. The third-order valence-electron chi connectivity index (χ3n) is 4.67. The zero-order valence-corrected chi connectivity index (χ0v) is 17.4. The van der Waals surface area contributed by atoms with E-state index in [1.165, 1.54) is 29.2 Å². The molecule has 0 fully saturated rings. The number of aromatic nitrogens is 1. The zero-order chi connectivity index (χ0) is 23.5. The van der Waals surface area contributed by atoms with Gasteiger partial charge in [-0.3, -0.25) is 9.59 Å². The van der Waals surface area contributed by atoms with Gasteiger partial charge in [-0.1, -0.05) is 6.07 Å². The molecule has 7 nitrogen and oxygen atoms in total. The summed E-state index contributed by atoms with van der Waals surface area (Å²) in [6.07, 6.45) is -3.50. The Bertz CT molecular complexity index is 1130. The van der Waals surface area contributed by atoms with Gasteiger partial charge in [-0.2, -0.15) is 13.2 Å². The number of fused-ring (bicyclic) bond motifs is 1. The minimum Gasteiger partial charge on any atom is -0.492 e. The molecular weight excluding hydrogens is 425 g/mol. The van der Waals surface area contributed by atoms with Crippen molar-refractivity contribution in [1.29, 1.82) is 0 Å². The molecule has 10 heteroatoms. The van der Waals surface area contributed by atoms with Gasteiger partial charge in [0, 0.05) is 36.9 Å². The van der Waals surface area contributed by atoms with Crippen molar-refractivity contribution >= 4 is 34.1 Å². The Hall–Kier alpha value is -3.82. The number of carbonyl (C=O) groups is 2. The molecule has 1 aromatic heterocycles. The van der Waals surface area contributed by atoms with E-state index < -0.39 is 12.1 Å². The maximum atomic E-state index is 13.2. The summed E-state index contributed by atoms with van der Waals surface area (Å²) in [6, 6.07) is 12.1. The molecule has 0 aliphatic heterocycles. The summed E-state index contributed by atoms with van der Waals surface area (Å²) in [4.78, 5) is 29.9. The van der Waals surface area contributed by atoms with Crippen molar-refractivity contribution < 1.29 is 27.5 Å². The Morgan fingerprint density at radius 1 is 1.06 bits per heavy atom. The predicted molar refractivity (Wildman–Crippen MR) is 115 cm³/mol. The molecular formula is C22H21F3N4O3. The van der Waals surface area contributed by atoms with E-state index in [2.05, 4.69) is 4.98 Å². The van der Waals surface area contributed by atoms with Crippen LogP contribution in [0.5, 0.6) is 5.75 Å². The molecule has 0 saturated heterocycles. The van der Waals surface area contributed by atoms with Crippen LogP contribution in [0.2, 0.25) is 0 Å². The van der Waals surface area contributed by atoms with E-state index in [0.717, 1.165) is 5.39 Å². The Balaban J connectivity index is 1.77. The van der Waals surface area contributed by atoms with Gasteiger partial charge < -0.3 is 20.3 Å². The molecule has 0 unspecified atom stereocenters. The van der Waals surface area contributed by atoms with Crippen molar-refractivity contribution in [2.24, 2.45) is 0 Å². The standard InChI is InChI=1S/C22H21F3N4O3/c1-28(2)20(30)15-3-6-16(7-4-15)29(21(31)22(23,24)25)11-12-32-17-8-5-14-9-10-27-19(26)18(14)13-17/h3-10,13H,11-12H2,1-2H3,(H2,26,27). The lowest BCUT2D eigenvalue weighted by Gasteiger charge is -2.24. The minimum atomic E-state index is -5.07. The van der Waals surface area contributed by atoms with Crippen LogP contribution in [0.3, 0.4) is 0 Å². The Morgan fingerprint density at radius 3 is 2.38 bits per heavy atom. The topological polar surface area (TPSA) is 88.8 Å². The first kappa shape index (κ1) is 22.9. The highest BCUT2D eigenvalue weighted by atomic mass is 19.4. The van der Waals surface area contributed by atoms with Gasteiger partial charge in [0.2, 0.25) is 0 Å². The second kappa shape index (κ2) is 9.13. The fourth-order valence-electron chi connectivity index (χ4n) is 3.06. The summed E-state index contributed by atoms with van der Waals surface area (Å²) < 4.78 is 45.0. The average Bonchev–Trinajstić information content (AvgIpc) is 2.76. The third kappa shape index (κ3) is 5.08. The third-order valence-corrected chi connectivity index (χ3v) is 4.67. The van der Waals surface area contributed by atoms with Crippen molar-refractivity contribution in [1.82, 2.24) is 9.88 Å². The fraction of sp³-hybridized carbons (Fsp3) is 0.227. The Labute approximate surface area is 182 Å². The largest absolute Gasteiger partial charge is 0.492 e. The van der Waals surface area contributed by atoms with Gasteiger partial charge in [-0.05, 0) is 47.9 Å². The van der Waals surface area contributed by atoms with Gasteiger partial charge in [-0.25, -0.2) is 4.98 Å². The summed E-state index contributed by atoms with van der Waals surface area (Å²) >= 11 is 0. The average molecular weight is 446 g/mol. The van der Waals surface area contributed by atoms with Crippen LogP contribution >= 0.6 is 0 Å². The molecule has 2 amide bonds. The number of carbonyl (C=O) groups excluding carboxylic acids is 2. The molecule has 0 saturated carbocycles. The second-order valence-corrected chi connectivity index (χ2v) is 7.13. The highest BCUT2D eigenvalue weighted by Gasteiger charge is 2.43. The highest BCUT2D eigenvalue weighted by Crippen LogP contribution is 2.26. The van der Waals surface area contributed by atoms with Gasteiger partial charge in [-0.15, -0.1) is 0 Å². The molecule has 3 aromatic rings. The molecule has 168 valence electrons. The minimum absolute atomic E-state index is 0.00168. The van der Waals surface area contributed by atoms with E-state index in [1.54, 1.807) is 44.6 Å². The van der Waals surface area contributed by atoms with Crippen LogP contribution in [0.4, 0.5) is 24.7 Å². The molecule has 0 aliphatic rings. The maximum Gasteiger partial charge on any atom is 0.471 e. The number of nitrogens with two attached hydrogens (primary N) is 1. The molecule has 0 atom stereocenters. The van der Waals surface area contributed by atoms with Gasteiger partial charge in [0.15, 0.2) is 0 Å². The van der Waals surface area contributed by atoms with E-state index in [0.29, 0.717) is 21.9 Å². The lowest BCUT2D eigenvalue weighted by molar-refractivity contribution is -0.170. The predicted octanol–water partition coefficient (Wildman–Crippen LogP) is 3.49. The van der Waals surface area contributed by atoms with E-state index in [9.17, 15) is 22.8 Å². The van der Waals surface area contributed by atoms with Crippen LogP contribution in [0.25, 0.3) is 10.8 Å². The first-order valence-electron chi connectivity index (χ1n) is 9.55. The maximum absolute atomic E-state index is 13.2. The van der Waals surface area contributed by atoms with Crippen LogP contribution in [-0.2, 0) is 4.79 Å². The SMILES string of the molecule is CN(C)C(=O)c1ccc(N(CCOc2ccc3ccnc(N)c3c2)C(=O)C(F)(F)F)cc1. The van der Waals surface area contributed by atoms with Crippen molar-refractivity contribution in [3.63, 3.8) is 0 Å². The zero-order valence-electron chi connectivity index (χ0n) is 17.4. The molecule has 0 aliphatic carbocycles. The normalized spacial score (nSPS) is 11.3. The summed E-state index contributed by atoms with van der Waals surface area (Å²) in [5.41, 5.74) is 6.13. The summed E-state index contributed by atoms with van der Waals surface area (Å²) in [7, 11) is 3.12. The van der Waals surface area contributed by atoms with Crippen LogP contribution in [-0.4, -0.2) is 55.1 Å². The molecule has 0 spiro atoms. The van der Waals surface area contributed by atoms with Crippen LogP contribution in [0, 0.1) is 0 Å². The van der Waals surface area contributed by atoms with Crippen molar-refractivity contribution in [3.8, 4) is 5.75 Å². The molecule has 3 rings (SSSR count). The summed E-state index contributed by atoms with van der Waals surface area (Å²) in [6.45, 7) is -0.564. The first-order valence-corrected chi connectivity index (χ1v) is 9.55. The van der Waals surface area contributed by atoms with Crippen molar-refractivity contribution in [2.45, 2.75) is 6.18 Å². The van der Waals surface area contributed by atoms with Crippen LogP contribution < -0.4 is 15.4 Å². The van der Waals surface area contributed by atoms with Crippen molar-refractivity contribution in [2.75, 3.05) is 37.9 Å². The van der Waals surface area contributed by atoms with Crippen molar-refractivity contribution in [3.05, 3.63) is 60.3 Å². The lowest BCUT2D eigenvalue weighted by Crippen LogP contribution is -2.43. The number of hydrogen-bond acceptors (Lipinski definition) is 5. The van der Waals surface area contributed by atoms with Crippen LogP contribution in [0.1, 0.15) is 10.4 Å². The van der Waals surface area contributed by atoms with E-state index in [1.807, 2.05) is 0 Å². The molecule has 1 heterocycles. The van der Waals surface area contributed by atoms with Gasteiger partial charge in [0.05, 0.1) is 6.54 Å². The fourth-order valence-corrected chi connectivity index (χ4v) is 3.06. The van der Waals surface area contributed by atoms with Gasteiger partial charge in [0.25, 0.3) is 5.91 Å². The first-order chi connectivity index (χ1) is 15.1. The van der Waals surface area contributed by atoms with Gasteiger partial charge in [0.1, 0.15) is 18.2 Å². The Kier molecular flexibility index (Phi) is 6.52. The number of ether oxygens (including phenoxy) is 1. The monoisotopic (exact) mass is 446 g/mol. The Morgan fingerprint density at radius 2 is 1.75 bits per heavy atom. The quantitative estimate of drug-likeness (QED) is 0.626. The second-order valence-electron chi connectivity index (χ2n) is 7.13. The number of nitrogen functional groups attached to an aromatic ring is 1. The summed E-state index contributed by atoms with van der Waals surface area (Å²) in [5.74, 6) is -1.66. The molecule has 0 radical (unpaired) electrons. The van der Waals surface area contributed by atoms with Crippen LogP contribution in [0.15, 0.2) is 54.7 Å². The number of rotatable bonds is 6. The van der Waals surface area contributed by atoms with E-state index >= 15 is 0 Å². The molecule has 2 aromatic carbocycles. The number of nitrogens with zero attached hydrogens (tertiary/aromatic N) is 3. The number of halogens is 3. The number of hydrogen-bond donors (Lipinski definition) is 1.